The summed E-state index contributed by atoms with van der Waals surface area (Å²) >= 11 is 5.36. The van der Waals surface area contributed by atoms with Crippen molar-refractivity contribution in [3.63, 3.8) is 0 Å². The Morgan fingerprint density at radius 3 is 2.14 bits per heavy atom. The zero-order chi connectivity index (χ0) is 5.70. The second-order valence-corrected chi connectivity index (χ2v) is 1.91. The highest BCUT2D eigenvalue weighted by atomic mass is 35.5. The Balaban J connectivity index is 2.83. The van der Waals surface area contributed by atoms with Crippen LogP contribution in [0.5, 0.6) is 0 Å². The Morgan fingerprint density at radius 1 is 1.43 bits per heavy atom. The van der Waals surface area contributed by atoms with Crippen LogP contribution in [0.1, 0.15) is 6.42 Å². The summed E-state index contributed by atoms with van der Waals surface area (Å²) in [5.74, 6) is 0. The molecule has 0 spiro atoms. The number of alkyl halides is 1. The molecule has 3 heteroatoms. The summed E-state index contributed by atoms with van der Waals surface area (Å²) < 4.78 is 0. The molecule has 2 nitrogen and oxygen atoms in total. The monoisotopic (exact) mass is 124 g/mol. The van der Waals surface area contributed by atoms with E-state index in [1.54, 1.807) is 0 Å². The third-order valence-electron chi connectivity index (χ3n) is 0.640. The topological polar surface area (TPSA) is 40.5 Å². The van der Waals surface area contributed by atoms with Gasteiger partial charge in [-0.25, -0.2) is 0 Å². The van der Waals surface area contributed by atoms with Gasteiger partial charge in [0.1, 0.15) is 0 Å². The Kier molecular flexibility index (Phi) is 4.50. The lowest BCUT2D eigenvalue weighted by Gasteiger charge is -1.98. The van der Waals surface area contributed by atoms with E-state index in [4.69, 9.17) is 21.8 Å². The fourth-order valence-corrected chi connectivity index (χ4v) is 0.329. The first kappa shape index (κ1) is 7.21. The van der Waals surface area contributed by atoms with Crippen LogP contribution < -0.4 is 0 Å². The van der Waals surface area contributed by atoms with Gasteiger partial charge in [-0.05, 0) is 6.42 Å². The van der Waals surface area contributed by atoms with E-state index in [0.29, 0.717) is 6.42 Å². The maximum atomic E-state index is 8.22. The van der Waals surface area contributed by atoms with Gasteiger partial charge in [0.15, 0.2) is 0 Å². The van der Waals surface area contributed by atoms with Crippen LogP contribution in [0.25, 0.3) is 0 Å². The van der Waals surface area contributed by atoms with Crippen LogP contribution in [0.15, 0.2) is 0 Å². The normalized spacial score (nSPS) is 14.1. The number of hydrogen-bond acceptors (Lipinski definition) is 2. The lowest BCUT2D eigenvalue weighted by atomic mass is 10.3. The van der Waals surface area contributed by atoms with E-state index in [-0.39, 0.29) is 18.6 Å². The van der Waals surface area contributed by atoms with Crippen LogP contribution in [0, 0.1) is 0 Å². The fourth-order valence-electron chi connectivity index (χ4n) is 0.231. The predicted octanol–water partition coefficient (Wildman–Crippen LogP) is -0.0315. The maximum Gasteiger partial charge on any atom is 0.0596 e. The zero-order valence-electron chi connectivity index (χ0n) is 3.97. The molecule has 0 aromatic carbocycles. The molecule has 0 fully saturated rings. The van der Waals surface area contributed by atoms with Gasteiger partial charge in [-0.15, -0.1) is 11.6 Å². The second kappa shape index (κ2) is 4.37. The van der Waals surface area contributed by atoms with Crippen molar-refractivity contribution >= 4 is 11.6 Å². The smallest absolute Gasteiger partial charge is 0.0596 e. The molecule has 0 radical (unpaired) electrons. The molecular weight excluding hydrogens is 115 g/mol. The molecule has 7 heavy (non-hydrogen) atoms. The molecule has 0 saturated heterocycles. The SMILES string of the molecule is OCC[C@@H](Cl)CO. The van der Waals surface area contributed by atoms with Gasteiger partial charge in [0, 0.05) is 6.61 Å². The van der Waals surface area contributed by atoms with Crippen molar-refractivity contribution in [2.75, 3.05) is 13.2 Å². The van der Waals surface area contributed by atoms with Crippen molar-refractivity contribution in [2.24, 2.45) is 0 Å². The molecule has 2 N–H and O–H groups in total. The standard InChI is InChI=1S/C4H9ClO2/c5-4(3-7)1-2-6/h4,6-7H,1-3H2/t4-/m1/s1. The predicted molar refractivity (Wildman–Crippen MR) is 28.4 cm³/mol. The van der Waals surface area contributed by atoms with Gasteiger partial charge in [0.05, 0.1) is 12.0 Å². The first-order chi connectivity index (χ1) is 3.31. The zero-order valence-corrected chi connectivity index (χ0v) is 4.73. The molecule has 0 bridgehead atoms. The van der Waals surface area contributed by atoms with Crippen LogP contribution in [0.4, 0.5) is 0 Å². The van der Waals surface area contributed by atoms with Crippen molar-refractivity contribution < 1.29 is 10.2 Å². The highest BCUT2D eigenvalue weighted by molar-refractivity contribution is 6.20. The second-order valence-electron chi connectivity index (χ2n) is 1.29. The molecule has 0 aliphatic rings. The van der Waals surface area contributed by atoms with Gasteiger partial charge in [-0.1, -0.05) is 0 Å². The maximum absolute atomic E-state index is 8.22. The molecule has 0 amide bonds. The van der Waals surface area contributed by atoms with Crippen molar-refractivity contribution in [3.05, 3.63) is 0 Å². The van der Waals surface area contributed by atoms with E-state index in [9.17, 15) is 0 Å². The average Bonchev–Trinajstić information content (AvgIpc) is 1.68. The Labute approximate surface area is 47.7 Å². The summed E-state index contributed by atoms with van der Waals surface area (Å²) in [6.45, 7) is -0.00313. The van der Waals surface area contributed by atoms with Gasteiger partial charge < -0.3 is 10.2 Å². The summed E-state index contributed by atoms with van der Waals surface area (Å²) in [7, 11) is 0. The molecule has 0 aliphatic carbocycles. The first-order valence-corrected chi connectivity index (χ1v) is 2.60. The van der Waals surface area contributed by atoms with E-state index < -0.39 is 0 Å². The lowest BCUT2D eigenvalue weighted by molar-refractivity contribution is 0.245. The molecule has 0 aromatic rings. The Bertz CT molecular complexity index is 40.7. The third kappa shape index (κ3) is 4.05. The van der Waals surface area contributed by atoms with Crippen LogP contribution >= 0.6 is 11.6 Å². The molecule has 0 aliphatic heterocycles. The van der Waals surface area contributed by atoms with Crippen molar-refractivity contribution in [2.45, 2.75) is 11.8 Å². The van der Waals surface area contributed by atoms with Crippen LogP contribution in [0.3, 0.4) is 0 Å². The molecule has 44 valence electrons. The third-order valence-corrected chi connectivity index (χ3v) is 0.997. The Hall–Kier alpha value is 0.210. The van der Waals surface area contributed by atoms with Gasteiger partial charge in [-0.3, -0.25) is 0 Å². The highest BCUT2D eigenvalue weighted by Crippen LogP contribution is 1.97. The quantitative estimate of drug-likeness (QED) is 0.519. The van der Waals surface area contributed by atoms with E-state index in [1.807, 2.05) is 0 Å². The van der Waals surface area contributed by atoms with Gasteiger partial charge in [0.25, 0.3) is 0 Å². The minimum Gasteiger partial charge on any atom is -0.396 e. The number of aliphatic hydroxyl groups excluding tert-OH is 2. The van der Waals surface area contributed by atoms with Crippen molar-refractivity contribution in [1.82, 2.24) is 0 Å². The van der Waals surface area contributed by atoms with Gasteiger partial charge in [0.2, 0.25) is 0 Å². The van der Waals surface area contributed by atoms with Crippen molar-refractivity contribution in [3.8, 4) is 0 Å². The minimum atomic E-state index is -0.273. The van der Waals surface area contributed by atoms with Crippen LogP contribution in [-0.2, 0) is 0 Å². The van der Waals surface area contributed by atoms with Crippen molar-refractivity contribution in [1.29, 1.82) is 0 Å². The Morgan fingerprint density at radius 2 is 2.00 bits per heavy atom. The number of halogens is 1. The first-order valence-electron chi connectivity index (χ1n) is 2.17. The summed E-state index contributed by atoms with van der Waals surface area (Å²) in [5.41, 5.74) is 0. The molecular formula is C4H9ClO2. The molecule has 0 rings (SSSR count). The molecule has 1 atom stereocenters. The van der Waals surface area contributed by atoms with E-state index in [2.05, 4.69) is 0 Å². The van der Waals surface area contributed by atoms with Crippen LogP contribution in [0.2, 0.25) is 0 Å². The van der Waals surface area contributed by atoms with E-state index in [1.165, 1.54) is 0 Å². The number of aliphatic hydroxyl groups is 2. The molecule has 0 unspecified atom stereocenters. The summed E-state index contributed by atoms with van der Waals surface area (Å²) in [5, 5.41) is 16.1. The average molecular weight is 125 g/mol. The fraction of sp³-hybridized carbons (Fsp3) is 1.00. The van der Waals surface area contributed by atoms with Gasteiger partial charge >= 0.3 is 0 Å². The van der Waals surface area contributed by atoms with Crippen LogP contribution in [-0.4, -0.2) is 28.8 Å². The molecule has 0 aromatic heterocycles. The van der Waals surface area contributed by atoms with E-state index in [0.717, 1.165) is 0 Å². The summed E-state index contributed by atoms with van der Waals surface area (Å²) in [6.07, 6.45) is 0.470. The van der Waals surface area contributed by atoms with Gasteiger partial charge in [-0.2, -0.15) is 0 Å². The van der Waals surface area contributed by atoms with E-state index >= 15 is 0 Å². The summed E-state index contributed by atoms with van der Waals surface area (Å²) in [6, 6.07) is 0. The minimum absolute atomic E-state index is 0.0503. The molecule has 0 saturated carbocycles. The summed E-state index contributed by atoms with van der Waals surface area (Å²) in [4.78, 5) is 0. The largest absolute Gasteiger partial charge is 0.396 e. The number of hydrogen-bond donors (Lipinski definition) is 2. The lowest BCUT2D eigenvalue weighted by Crippen LogP contribution is -2.05. The number of rotatable bonds is 3. The highest BCUT2D eigenvalue weighted by Gasteiger charge is 1.97. The molecule has 0 heterocycles.